The zero-order chi connectivity index (χ0) is 24.6. The number of carbonyl (C=O) groups excluding carboxylic acids is 1. The number of methoxy groups -OCH3 is 2. The van der Waals surface area contributed by atoms with E-state index in [1.807, 2.05) is 77.6 Å². The van der Waals surface area contributed by atoms with Crippen molar-refractivity contribution < 1.29 is 14.3 Å². The summed E-state index contributed by atoms with van der Waals surface area (Å²) in [6.45, 7) is 0.559. The molecule has 0 radical (unpaired) electrons. The maximum Gasteiger partial charge on any atom is 0.266 e. The molecular formula is C28H24N4O3. The van der Waals surface area contributed by atoms with Gasteiger partial charge in [-0.25, -0.2) is 0 Å². The summed E-state index contributed by atoms with van der Waals surface area (Å²) in [4.78, 5) is 13.0. The summed E-state index contributed by atoms with van der Waals surface area (Å²) in [6, 6.07) is 26.7. The zero-order valence-corrected chi connectivity index (χ0v) is 19.4. The Bertz CT molecular complexity index is 1390. The third-order valence-corrected chi connectivity index (χ3v) is 5.34. The van der Waals surface area contributed by atoms with Crippen LogP contribution in [0.4, 0.5) is 5.69 Å². The van der Waals surface area contributed by atoms with Crippen molar-refractivity contribution in [2.45, 2.75) is 6.54 Å². The molecule has 0 saturated heterocycles. The van der Waals surface area contributed by atoms with E-state index in [1.54, 1.807) is 24.3 Å². The van der Waals surface area contributed by atoms with E-state index in [-0.39, 0.29) is 5.57 Å². The van der Waals surface area contributed by atoms with Crippen molar-refractivity contribution in [2.24, 2.45) is 0 Å². The number of anilines is 1. The Kier molecular flexibility index (Phi) is 7.24. The second-order valence-electron chi connectivity index (χ2n) is 7.67. The number of nitrogens with one attached hydrogen (secondary N) is 1. The number of ether oxygens (including phenoxy) is 2. The molecule has 4 rings (SSSR count). The number of hydrogen-bond acceptors (Lipinski definition) is 5. The standard InChI is InChI=1S/C28H24N4O3/c1-34-24-13-14-26(35-2)25(16-24)30-28(33)22(17-29)15-23-19-32(18-20-9-5-3-6-10-20)31-27(23)21-11-7-4-8-12-21/h3-16,19H,18H2,1-2H3,(H,30,33). The Morgan fingerprint density at radius 1 is 1.03 bits per heavy atom. The van der Waals surface area contributed by atoms with E-state index >= 15 is 0 Å². The molecule has 1 heterocycles. The predicted molar refractivity (Wildman–Crippen MR) is 135 cm³/mol. The number of nitriles is 1. The molecule has 1 amide bonds. The maximum atomic E-state index is 13.0. The summed E-state index contributed by atoms with van der Waals surface area (Å²) in [6.07, 6.45) is 3.39. The van der Waals surface area contributed by atoms with Gasteiger partial charge in [0.1, 0.15) is 23.1 Å². The summed E-state index contributed by atoms with van der Waals surface area (Å²) in [5.41, 5.74) is 3.66. The van der Waals surface area contributed by atoms with Gasteiger partial charge in [-0.15, -0.1) is 0 Å². The molecular weight excluding hydrogens is 440 g/mol. The van der Waals surface area contributed by atoms with E-state index in [2.05, 4.69) is 5.32 Å². The number of rotatable bonds is 8. The van der Waals surface area contributed by atoms with Crippen LogP contribution in [0.1, 0.15) is 11.1 Å². The second kappa shape index (κ2) is 10.9. The highest BCUT2D eigenvalue weighted by atomic mass is 16.5. The average molecular weight is 465 g/mol. The lowest BCUT2D eigenvalue weighted by Gasteiger charge is -2.11. The molecule has 7 heteroatoms. The van der Waals surface area contributed by atoms with Gasteiger partial charge in [0.2, 0.25) is 0 Å². The fourth-order valence-electron chi connectivity index (χ4n) is 3.62. The van der Waals surface area contributed by atoms with Crippen LogP contribution in [0.15, 0.2) is 90.6 Å². The van der Waals surface area contributed by atoms with Gasteiger partial charge in [-0.1, -0.05) is 60.7 Å². The van der Waals surface area contributed by atoms with E-state index in [9.17, 15) is 10.1 Å². The highest BCUT2D eigenvalue weighted by Crippen LogP contribution is 2.30. The van der Waals surface area contributed by atoms with Crippen LogP contribution < -0.4 is 14.8 Å². The lowest BCUT2D eigenvalue weighted by Crippen LogP contribution is -2.14. The fourth-order valence-corrected chi connectivity index (χ4v) is 3.62. The molecule has 174 valence electrons. The number of amides is 1. The minimum atomic E-state index is -0.561. The Morgan fingerprint density at radius 2 is 1.74 bits per heavy atom. The van der Waals surface area contributed by atoms with Gasteiger partial charge in [-0.2, -0.15) is 10.4 Å². The normalized spacial score (nSPS) is 10.9. The van der Waals surface area contributed by atoms with E-state index in [1.165, 1.54) is 14.2 Å². The van der Waals surface area contributed by atoms with Crippen molar-refractivity contribution in [3.63, 3.8) is 0 Å². The van der Waals surface area contributed by atoms with Gasteiger partial charge in [-0.05, 0) is 23.8 Å². The lowest BCUT2D eigenvalue weighted by atomic mass is 10.1. The third kappa shape index (κ3) is 5.57. The van der Waals surface area contributed by atoms with Crippen molar-refractivity contribution in [2.75, 3.05) is 19.5 Å². The minimum Gasteiger partial charge on any atom is -0.497 e. The summed E-state index contributed by atoms with van der Waals surface area (Å²) < 4.78 is 12.4. The summed E-state index contributed by atoms with van der Waals surface area (Å²) in [7, 11) is 3.04. The highest BCUT2D eigenvalue weighted by Gasteiger charge is 2.16. The summed E-state index contributed by atoms with van der Waals surface area (Å²) in [5.74, 6) is 0.447. The first kappa shape index (κ1) is 23.3. The summed E-state index contributed by atoms with van der Waals surface area (Å²) in [5, 5.41) is 17.3. The smallest absolute Gasteiger partial charge is 0.266 e. The van der Waals surface area contributed by atoms with Gasteiger partial charge in [0.05, 0.1) is 32.1 Å². The molecule has 3 aromatic carbocycles. The van der Waals surface area contributed by atoms with Crippen molar-refractivity contribution >= 4 is 17.7 Å². The second-order valence-corrected chi connectivity index (χ2v) is 7.67. The Labute approximate surface area is 203 Å². The molecule has 0 atom stereocenters. The van der Waals surface area contributed by atoms with E-state index in [0.717, 1.165) is 11.1 Å². The van der Waals surface area contributed by atoms with Crippen molar-refractivity contribution in [1.29, 1.82) is 5.26 Å². The predicted octanol–water partition coefficient (Wildman–Crippen LogP) is 5.16. The van der Waals surface area contributed by atoms with Crippen LogP contribution in [0, 0.1) is 11.3 Å². The fraction of sp³-hybridized carbons (Fsp3) is 0.107. The third-order valence-electron chi connectivity index (χ3n) is 5.34. The number of aromatic nitrogens is 2. The van der Waals surface area contributed by atoms with Gasteiger partial charge in [-0.3, -0.25) is 9.48 Å². The van der Waals surface area contributed by atoms with Crippen molar-refractivity contribution in [3.8, 4) is 28.8 Å². The number of nitrogens with zero attached hydrogens (tertiary/aromatic N) is 3. The van der Waals surface area contributed by atoms with Gasteiger partial charge in [0.25, 0.3) is 5.91 Å². The van der Waals surface area contributed by atoms with Crippen LogP contribution in [0.2, 0.25) is 0 Å². The van der Waals surface area contributed by atoms with Crippen LogP contribution in [0.5, 0.6) is 11.5 Å². The molecule has 1 aromatic heterocycles. The van der Waals surface area contributed by atoms with Gasteiger partial charge >= 0.3 is 0 Å². The largest absolute Gasteiger partial charge is 0.497 e. The molecule has 0 aliphatic carbocycles. The number of carbonyl (C=O) groups is 1. The van der Waals surface area contributed by atoms with Crippen molar-refractivity contribution in [1.82, 2.24) is 9.78 Å². The minimum absolute atomic E-state index is 0.0636. The molecule has 0 saturated carbocycles. The Balaban J connectivity index is 1.69. The molecule has 1 N–H and O–H groups in total. The van der Waals surface area contributed by atoms with Crippen molar-refractivity contribution in [3.05, 3.63) is 102 Å². The Hall–Kier alpha value is -4.83. The molecule has 35 heavy (non-hydrogen) atoms. The summed E-state index contributed by atoms with van der Waals surface area (Å²) >= 11 is 0. The van der Waals surface area contributed by atoms with Crippen LogP contribution in [-0.4, -0.2) is 29.9 Å². The molecule has 0 spiro atoms. The van der Waals surface area contributed by atoms with Crippen LogP contribution in [0.3, 0.4) is 0 Å². The molecule has 0 aliphatic rings. The quantitative estimate of drug-likeness (QED) is 0.287. The Morgan fingerprint density at radius 3 is 2.40 bits per heavy atom. The van der Waals surface area contributed by atoms with Crippen LogP contribution in [-0.2, 0) is 11.3 Å². The highest BCUT2D eigenvalue weighted by molar-refractivity contribution is 6.10. The topological polar surface area (TPSA) is 89.2 Å². The maximum absolute atomic E-state index is 13.0. The molecule has 7 nitrogen and oxygen atoms in total. The first-order valence-electron chi connectivity index (χ1n) is 10.9. The van der Waals surface area contributed by atoms with E-state index < -0.39 is 5.91 Å². The molecule has 0 aliphatic heterocycles. The molecule has 0 bridgehead atoms. The zero-order valence-electron chi connectivity index (χ0n) is 19.4. The average Bonchev–Trinajstić information content (AvgIpc) is 3.30. The lowest BCUT2D eigenvalue weighted by molar-refractivity contribution is -0.112. The molecule has 0 unspecified atom stereocenters. The SMILES string of the molecule is COc1ccc(OC)c(NC(=O)C(C#N)=Cc2cn(Cc3ccccc3)nc2-c2ccccc2)c1. The first-order valence-corrected chi connectivity index (χ1v) is 10.9. The van der Waals surface area contributed by atoms with Gasteiger partial charge < -0.3 is 14.8 Å². The van der Waals surface area contributed by atoms with E-state index in [0.29, 0.717) is 35.0 Å². The number of benzene rings is 3. The number of hydrogen-bond donors (Lipinski definition) is 1. The first-order chi connectivity index (χ1) is 17.1. The molecule has 4 aromatic rings. The molecule has 0 fully saturated rings. The van der Waals surface area contributed by atoms with Gasteiger partial charge in [0, 0.05) is 23.4 Å². The van der Waals surface area contributed by atoms with Gasteiger partial charge in [0.15, 0.2) is 0 Å². The van der Waals surface area contributed by atoms with Crippen LogP contribution >= 0.6 is 0 Å². The monoisotopic (exact) mass is 464 g/mol. The van der Waals surface area contributed by atoms with E-state index in [4.69, 9.17) is 14.6 Å². The van der Waals surface area contributed by atoms with Crippen LogP contribution in [0.25, 0.3) is 17.3 Å².